The quantitative estimate of drug-likeness (QED) is 0.786. The molecule has 0 heterocycles. The van der Waals surface area contributed by atoms with Crippen LogP contribution in [-0.2, 0) is 4.74 Å². The highest BCUT2D eigenvalue weighted by atomic mass is 19.2. The van der Waals surface area contributed by atoms with E-state index in [1.807, 2.05) is 0 Å². The molecule has 1 aromatic rings. The predicted molar refractivity (Wildman–Crippen MR) is 55.2 cm³/mol. The summed E-state index contributed by atoms with van der Waals surface area (Å²) in [7, 11) is 3.01. The zero-order chi connectivity index (χ0) is 12.1. The highest BCUT2D eigenvalue weighted by Crippen LogP contribution is 2.13. The van der Waals surface area contributed by atoms with Crippen LogP contribution < -0.4 is 0 Å². The van der Waals surface area contributed by atoms with Crippen molar-refractivity contribution in [3.63, 3.8) is 0 Å². The van der Waals surface area contributed by atoms with E-state index in [1.165, 1.54) is 31.2 Å². The maximum absolute atomic E-state index is 13.3. The second kappa shape index (κ2) is 5.55. The van der Waals surface area contributed by atoms with Crippen LogP contribution in [0.2, 0.25) is 0 Å². The second-order valence-corrected chi connectivity index (χ2v) is 3.32. The van der Waals surface area contributed by atoms with Crippen molar-refractivity contribution >= 4 is 5.91 Å². The first-order chi connectivity index (χ1) is 7.57. The van der Waals surface area contributed by atoms with Crippen molar-refractivity contribution in [1.29, 1.82) is 0 Å². The van der Waals surface area contributed by atoms with Crippen LogP contribution in [0.4, 0.5) is 8.78 Å². The van der Waals surface area contributed by atoms with Crippen molar-refractivity contribution in [3.8, 4) is 0 Å². The number of rotatable bonds is 4. The first-order valence-electron chi connectivity index (χ1n) is 4.76. The van der Waals surface area contributed by atoms with Crippen molar-refractivity contribution < 1.29 is 18.3 Å². The maximum Gasteiger partial charge on any atom is 0.256 e. The van der Waals surface area contributed by atoms with Gasteiger partial charge in [0.1, 0.15) is 0 Å². The molecule has 3 nitrogen and oxygen atoms in total. The van der Waals surface area contributed by atoms with E-state index >= 15 is 0 Å². The van der Waals surface area contributed by atoms with E-state index < -0.39 is 17.5 Å². The summed E-state index contributed by atoms with van der Waals surface area (Å²) in [6.45, 7) is 0.671. The second-order valence-electron chi connectivity index (χ2n) is 3.32. The summed E-state index contributed by atoms with van der Waals surface area (Å²) < 4.78 is 31.0. The number of likely N-dealkylation sites (N-methyl/N-ethyl adjacent to an activating group) is 1. The van der Waals surface area contributed by atoms with Crippen LogP contribution >= 0.6 is 0 Å². The van der Waals surface area contributed by atoms with E-state index in [9.17, 15) is 13.6 Å². The van der Waals surface area contributed by atoms with Crippen molar-refractivity contribution in [1.82, 2.24) is 4.90 Å². The van der Waals surface area contributed by atoms with Crippen LogP contribution in [-0.4, -0.2) is 38.1 Å². The Labute approximate surface area is 92.6 Å². The lowest BCUT2D eigenvalue weighted by Gasteiger charge is -2.16. The summed E-state index contributed by atoms with van der Waals surface area (Å²) in [6.07, 6.45) is 0. The minimum atomic E-state index is -1.11. The van der Waals surface area contributed by atoms with Gasteiger partial charge >= 0.3 is 0 Å². The monoisotopic (exact) mass is 229 g/mol. The van der Waals surface area contributed by atoms with E-state index in [1.54, 1.807) is 0 Å². The Hall–Kier alpha value is -1.49. The number of halogens is 2. The fourth-order valence-electron chi connectivity index (χ4n) is 1.20. The molecular formula is C11H13F2NO2. The summed E-state index contributed by atoms with van der Waals surface area (Å²) >= 11 is 0. The van der Waals surface area contributed by atoms with Gasteiger partial charge in [-0.25, -0.2) is 8.78 Å². The molecule has 0 N–H and O–H groups in total. The Kier molecular flexibility index (Phi) is 4.37. The summed E-state index contributed by atoms with van der Waals surface area (Å²) in [5.41, 5.74) is -0.265. The fraction of sp³-hybridized carbons (Fsp3) is 0.364. The van der Waals surface area contributed by atoms with Gasteiger partial charge in [0.25, 0.3) is 5.91 Å². The molecular weight excluding hydrogens is 216 g/mol. The number of carbonyl (C=O) groups is 1. The average Bonchev–Trinajstić information content (AvgIpc) is 2.28. The molecule has 0 bridgehead atoms. The van der Waals surface area contributed by atoms with Crippen LogP contribution in [0.5, 0.6) is 0 Å². The van der Waals surface area contributed by atoms with E-state index in [4.69, 9.17) is 4.74 Å². The molecule has 0 aromatic heterocycles. The fourth-order valence-corrected chi connectivity index (χ4v) is 1.20. The van der Waals surface area contributed by atoms with Gasteiger partial charge in [-0.3, -0.25) is 4.79 Å². The Morgan fingerprint density at radius 1 is 1.44 bits per heavy atom. The largest absolute Gasteiger partial charge is 0.383 e. The van der Waals surface area contributed by atoms with Crippen molar-refractivity contribution in [2.75, 3.05) is 27.3 Å². The van der Waals surface area contributed by atoms with Crippen molar-refractivity contribution in [2.45, 2.75) is 0 Å². The summed E-state index contributed by atoms with van der Waals surface area (Å²) in [6, 6.07) is 3.53. The van der Waals surface area contributed by atoms with Crippen LogP contribution in [0.15, 0.2) is 18.2 Å². The van der Waals surface area contributed by atoms with Gasteiger partial charge in [-0.1, -0.05) is 6.07 Å². The topological polar surface area (TPSA) is 29.5 Å². The lowest BCUT2D eigenvalue weighted by Crippen LogP contribution is -2.30. The standard InChI is InChI=1S/C11H13F2NO2/c1-14(6-7-16-2)11(15)8-4-3-5-9(12)10(8)13/h3-5H,6-7H2,1-2H3. The van der Waals surface area contributed by atoms with Gasteiger partial charge in [0.05, 0.1) is 12.2 Å². The van der Waals surface area contributed by atoms with Crippen LogP contribution in [0, 0.1) is 11.6 Å². The number of hydrogen-bond acceptors (Lipinski definition) is 2. The summed E-state index contributed by atoms with van der Waals surface area (Å²) in [5.74, 6) is -2.70. The number of methoxy groups -OCH3 is 1. The van der Waals surface area contributed by atoms with Gasteiger partial charge in [-0.2, -0.15) is 0 Å². The first kappa shape index (κ1) is 12.6. The normalized spacial score (nSPS) is 10.2. The molecule has 5 heteroatoms. The number of ether oxygens (including phenoxy) is 1. The molecule has 0 aliphatic carbocycles. The van der Waals surface area contributed by atoms with Crippen molar-refractivity contribution in [2.24, 2.45) is 0 Å². The van der Waals surface area contributed by atoms with E-state index in [2.05, 4.69) is 0 Å². The number of hydrogen-bond donors (Lipinski definition) is 0. The molecule has 0 unspecified atom stereocenters. The van der Waals surface area contributed by atoms with Gasteiger partial charge in [-0.05, 0) is 12.1 Å². The predicted octanol–water partition coefficient (Wildman–Crippen LogP) is 1.68. The molecule has 0 radical (unpaired) electrons. The molecule has 0 atom stereocenters. The maximum atomic E-state index is 13.3. The molecule has 0 spiro atoms. The lowest BCUT2D eigenvalue weighted by molar-refractivity contribution is 0.0738. The van der Waals surface area contributed by atoms with E-state index in [-0.39, 0.29) is 5.56 Å². The molecule has 0 saturated heterocycles. The molecule has 1 rings (SSSR count). The average molecular weight is 229 g/mol. The Bertz CT molecular complexity index is 382. The minimum Gasteiger partial charge on any atom is -0.383 e. The smallest absolute Gasteiger partial charge is 0.256 e. The molecule has 88 valence electrons. The van der Waals surface area contributed by atoms with Crippen molar-refractivity contribution in [3.05, 3.63) is 35.4 Å². The highest BCUT2D eigenvalue weighted by molar-refractivity contribution is 5.94. The Balaban J connectivity index is 2.84. The summed E-state index contributed by atoms with van der Waals surface area (Å²) in [4.78, 5) is 13.0. The third-order valence-electron chi connectivity index (χ3n) is 2.16. The van der Waals surface area contributed by atoms with E-state index in [0.717, 1.165) is 6.07 Å². The molecule has 16 heavy (non-hydrogen) atoms. The Morgan fingerprint density at radius 3 is 2.75 bits per heavy atom. The van der Waals surface area contributed by atoms with E-state index in [0.29, 0.717) is 13.2 Å². The van der Waals surface area contributed by atoms with Gasteiger partial charge in [-0.15, -0.1) is 0 Å². The first-order valence-corrected chi connectivity index (χ1v) is 4.76. The molecule has 1 amide bonds. The van der Waals surface area contributed by atoms with Crippen LogP contribution in [0.1, 0.15) is 10.4 Å². The zero-order valence-corrected chi connectivity index (χ0v) is 9.17. The zero-order valence-electron chi connectivity index (χ0n) is 9.17. The molecule has 0 saturated carbocycles. The van der Waals surface area contributed by atoms with Gasteiger partial charge in [0, 0.05) is 20.7 Å². The summed E-state index contributed by atoms with van der Waals surface area (Å²) in [5, 5.41) is 0. The van der Waals surface area contributed by atoms with Gasteiger partial charge in [0.15, 0.2) is 11.6 Å². The number of carbonyl (C=O) groups excluding carboxylic acids is 1. The Morgan fingerprint density at radius 2 is 2.12 bits per heavy atom. The van der Waals surface area contributed by atoms with Gasteiger partial charge in [0.2, 0.25) is 0 Å². The third-order valence-corrected chi connectivity index (χ3v) is 2.16. The molecule has 1 aromatic carbocycles. The number of nitrogens with zero attached hydrogens (tertiary/aromatic N) is 1. The SMILES string of the molecule is COCCN(C)C(=O)c1cccc(F)c1F. The molecule has 0 aliphatic rings. The minimum absolute atomic E-state index is 0.265. The molecule has 0 fully saturated rings. The molecule has 0 aliphatic heterocycles. The number of benzene rings is 1. The lowest BCUT2D eigenvalue weighted by atomic mass is 10.2. The number of amides is 1. The third kappa shape index (κ3) is 2.76. The van der Waals surface area contributed by atoms with Gasteiger partial charge < -0.3 is 9.64 Å². The van der Waals surface area contributed by atoms with Crippen LogP contribution in [0.3, 0.4) is 0 Å². The highest BCUT2D eigenvalue weighted by Gasteiger charge is 2.18. The van der Waals surface area contributed by atoms with Crippen LogP contribution in [0.25, 0.3) is 0 Å².